The molecule has 11 heavy (non-hydrogen) atoms. The van der Waals surface area contributed by atoms with E-state index in [0.29, 0.717) is 0 Å². The van der Waals surface area contributed by atoms with Crippen LogP contribution in [0, 0.1) is 0 Å². The van der Waals surface area contributed by atoms with E-state index in [1.807, 2.05) is 18.3 Å². The van der Waals surface area contributed by atoms with Crippen molar-refractivity contribution in [2.45, 2.75) is 0 Å². The predicted molar refractivity (Wildman–Crippen MR) is 43.0 cm³/mol. The van der Waals surface area contributed by atoms with Crippen molar-refractivity contribution < 1.29 is 0 Å². The average molecular weight is 142 g/mol. The van der Waals surface area contributed by atoms with Crippen LogP contribution in [0.4, 0.5) is 0 Å². The fourth-order valence-electron chi connectivity index (χ4n) is 1.51. The van der Waals surface area contributed by atoms with Gasteiger partial charge in [0, 0.05) is 17.3 Å². The molecule has 0 atom stereocenters. The number of aromatic amines is 1. The topological polar surface area (TPSA) is 28.7 Å². The lowest BCUT2D eigenvalue weighted by molar-refractivity contribution is 1.34. The molecule has 52 valence electrons. The first-order valence-corrected chi connectivity index (χ1v) is 3.60. The van der Waals surface area contributed by atoms with Crippen molar-refractivity contribution in [1.82, 2.24) is 9.97 Å². The van der Waals surface area contributed by atoms with Crippen molar-refractivity contribution in [1.29, 1.82) is 0 Å². The molecule has 0 amide bonds. The number of aromatic nitrogens is 2. The minimum absolute atomic E-state index is 0.996. The van der Waals surface area contributed by atoms with Gasteiger partial charge in [-0.3, -0.25) is 0 Å². The van der Waals surface area contributed by atoms with Gasteiger partial charge in [0.15, 0.2) is 0 Å². The van der Waals surface area contributed by atoms with Gasteiger partial charge in [-0.15, -0.1) is 0 Å². The molecule has 0 fully saturated rings. The zero-order chi connectivity index (χ0) is 7.26. The Balaban J connectivity index is 2.47. The Bertz CT molecular complexity index is 378. The fraction of sp³-hybridized carbons (Fsp3) is 0. The summed E-state index contributed by atoms with van der Waals surface area (Å²) >= 11 is 0. The molecule has 0 aliphatic carbocycles. The molecule has 1 N–H and O–H groups in total. The first-order valence-electron chi connectivity index (χ1n) is 3.60. The van der Waals surface area contributed by atoms with Crippen molar-refractivity contribution in [3.63, 3.8) is 0 Å². The number of imidazole rings is 1. The first kappa shape index (κ1) is 5.13. The molecular formula is C9H6N2. The van der Waals surface area contributed by atoms with Crippen LogP contribution in [-0.4, -0.2) is 9.97 Å². The third kappa shape index (κ3) is 0.499. The van der Waals surface area contributed by atoms with Gasteiger partial charge in [0.05, 0.1) is 5.69 Å². The van der Waals surface area contributed by atoms with Crippen LogP contribution in [-0.2, 0) is 0 Å². The molecule has 2 aromatic rings. The van der Waals surface area contributed by atoms with Gasteiger partial charge in [0.2, 0.25) is 0 Å². The summed E-state index contributed by atoms with van der Waals surface area (Å²) in [5.41, 5.74) is 3.54. The SMILES string of the molecule is c1ccc2c(c1)-c1c[nH]c-2n1. The number of benzene rings is 1. The smallest absolute Gasteiger partial charge is 0.138 e. The van der Waals surface area contributed by atoms with E-state index < -0.39 is 0 Å². The number of nitrogens with zero attached hydrogens (tertiary/aromatic N) is 1. The maximum atomic E-state index is 4.33. The highest BCUT2D eigenvalue weighted by Crippen LogP contribution is 2.35. The Kier molecular flexibility index (Phi) is 0.714. The van der Waals surface area contributed by atoms with Crippen molar-refractivity contribution in [2.24, 2.45) is 0 Å². The normalized spacial score (nSPS) is 11.6. The van der Waals surface area contributed by atoms with Gasteiger partial charge < -0.3 is 4.98 Å². The predicted octanol–water partition coefficient (Wildman–Crippen LogP) is 2.06. The Hall–Kier alpha value is -1.57. The van der Waals surface area contributed by atoms with Crippen molar-refractivity contribution in [3.05, 3.63) is 30.5 Å². The van der Waals surface area contributed by atoms with Gasteiger partial charge in [-0.25, -0.2) is 4.98 Å². The summed E-state index contributed by atoms with van der Waals surface area (Å²) in [5.74, 6) is 0.996. The second kappa shape index (κ2) is 1.53. The first-order chi connectivity index (χ1) is 5.45. The van der Waals surface area contributed by atoms with E-state index in [2.05, 4.69) is 22.1 Å². The molecule has 2 heterocycles. The number of nitrogens with one attached hydrogen (secondary N) is 1. The molecule has 0 spiro atoms. The molecular weight excluding hydrogens is 136 g/mol. The van der Waals surface area contributed by atoms with E-state index in [1.54, 1.807) is 0 Å². The second-order valence-electron chi connectivity index (χ2n) is 2.68. The van der Waals surface area contributed by atoms with E-state index in [1.165, 1.54) is 11.1 Å². The lowest BCUT2D eigenvalue weighted by Gasteiger charge is -1.99. The molecule has 2 heteroatoms. The summed E-state index contributed by atoms with van der Waals surface area (Å²) in [7, 11) is 0. The third-order valence-corrected chi connectivity index (χ3v) is 2.04. The molecule has 1 aromatic heterocycles. The van der Waals surface area contributed by atoms with Gasteiger partial charge in [0.1, 0.15) is 5.82 Å². The van der Waals surface area contributed by atoms with E-state index in [4.69, 9.17) is 0 Å². The van der Waals surface area contributed by atoms with E-state index >= 15 is 0 Å². The summed E-state index contributed by atoms with van der Waals surface area (Å²) in [5, 5.41) is 0. The third-order valence-electron chi connectivity index (χ3n) is 2.04. The monoisotopic (exact) mass is 142 g/mol. The number of hydrogen-bond acceptors (Lipinski definition) is 1. The molecule has 0 unspecified atom stereocenters. The maximum absolute atomic E-state index is 4.33. The van der Waals surface area contributed by atoms with Crippen molar-refractivity contribution in [2.75, 3.05) is 0 Å². The molecule has 3 rings (SSSR count). The average Bonchev–Trinajstić information content (AvgIpc) is 2.64. The lowest BCUT2D eigenvalue weighted by atomic mass is 10.1. The molecule has 1 aliphatic rings. The molecule has 0 radical (unpaired) electrons. The highest BCUT2D eigenvalue weighted by molar-refractivity contribution is 5.84. The van der Waals surface area contributed by atoms with Gasteiger partial charge in [-0.05, 0) is 0 Å². The Morgan fingerprint density at radius 1 is 1.09 bits per heavy atom. The van der Waals surface area contributed by atoms with E-state index in [-0.39, 0.29) is 0 Å². The Morgan fingerprint density at radius 2 is 1.91 bits per heavy atom. The lowest BCUT2D eigenvalue weighted by Crippen LogP contribution is -1.80. The van der Waals surface area contributed by atoms with Gasteiger partial charge >= 0.3 is 0 Å². The molecule has 1 aliphatic heterocycles. The van der Waals surface area contributed by atoms with Crippen LogP contribution in [0.25, 0.3) is 22.6 Å². The zero-order valence-electron chi connectivity index (χ0n) is 5.83. The molecule has 2 bridgehead atoms. The van der Waals surface area contributed by atoms with Crippen LogP contribution >= 0.6 is 0 Å². The summed E-state index contributed by atoms with van der Waals surface area (Å²) in [6.45, 7) is 0. The van der Waals surface area contributed by atoms with Crippen LogP contribution in [0.2, 0.25) is 0 Å². The molecule has 0 saturated heterocycles. The fourth-order valence-corrected chi connectivity index (χ4v) is 1.51. The maximum Gasteiger partial charge on any atom is 0.138 e. The standard InChI is InChI=1S/C9H6N2/c1-2-4-7-6(3-1)8-5-10-9(7)11-8/h1-5H,(H,10,11). The summed E-state index contributed by atoms with van der Waals surface area (Å²) < 4.78 is 0. The second-order valence-corrected chi connectivity index (χ2v) is 2.68. The van der Waals surface area contributed by atoms with Gasteiger partial charge in [0.25, 0.3) is 0 Å². The Morgan fingerprint density at radius 3 is 2.73 bits per heavy atom. The highest BCUT2D eigenvalue weighted by atomic mass is 14.9. The molecule has 0 saturated carbocycles. The number of hydrogen-bond donors (Lipinski definition) is 1. The van der Waals surface area contributed by atoms with Crippen molar-refractivity contribution in [3.8, 4) is 22.6 Å². The quantitative estimate of drug-likeness (QED) is 0.511. The minimum Gasteiger partial charge on any atom is -0.344 e. The Labute approximate surface area is 63.9 Å². The largest absolute Gasteiger partial charge is 0.344 e. The summed E-state index contributed by atoms with van der Waals surface area (Å²) in [4.78, 5) is 7.43. The minimum atomic E-state index is 0.996. The van der Waals surface area contributed by atoms with Crippen LogP contribution in [0.15, 0.2) is 30.5 Å². The van der Waals surface area contributed by atoms with E-state index in [9.17, 15) is 0 Å². The molecule has 2 nitrogen and oxygen atoms in total. The highest BCUT2D eigenvalue weighted by Gasteiger charge is 2.17. The van der Waals surface area contributed by atoms with Crippen LogP contribution in [0.3, 0.4) is 0 Å². The zero-order valence-corrected chi connectivity index (χ0v) is 5.83. The summed E-state index contributed by atoms with van der Waals surface area (Å²) in [6.07, 6.45) is 1.94. The van der Waals surface area contributed by atoms with Crippen LogP contribution < -0.4 is 0 Å². The number of H-pyrrole nitrogens is 1. The van der Waals surface area contributed by atoms with Crippen LogP contribution in [0.1, 0.15) is 0 Å². The number of rotatable bonds is 0. The molecule has 1 aromatic carbocycles. The van der Waals surface area contributed by atoms with E-state index in [0.717, 1.165) is 11.5 Å². The summed E-state index contributed by atoms with van der Waals surface area (Å²) in [6, 6.07) is 8.25. The van der Waals surface area contributed by atoms with Crippen molar-refractivity contribution >= 4 is 0 Å². The van der Waals surface area contributed by atoms with Gasteiger partial charge in [-0.1, -0.05) is 24.3 Å². The van der Waals surface area contributed by atoms with Crippen LogP contribution in [0.5, 0.6) is 0 Å². The van der Waals surface area contributed by atoms with Gasteiger partial charge in [-0.2, -0.15) is 0 Å². The number of fused-ring (bicyclic) bond motifs is 5. The number of pyridine rings is 1.